The third kappa shape index (κ3) is 3.12. The Labute approximate surface area is 145 Å². The lowest BCUT2D eigenvalue weighted by atomic mass is 10.1. The van der Waals surface area contributed by atoms with E-state index in [9.17, 15) is 4.79 Å². The Morgan fingerprint density at radius 1 is 0.909 bits per heavy atom. The van der Waals surface area contributed by atoms with Gasteiger partial charge in [-0.05, 0) is 35.7 Å². The van der Waals surface area contributed by atoms with Crippen LogP contribution in [0, 0.1) is 0 Å². The minimum atomic E-state index is -0.503. The molecule has 0 aromatic heterocycles. The van der Waals surface area contributed by atoms with Gasteiger partial charge >= 0.3 is 5.97 Å². The van der Waals surface area contributed by atoms with E-state index >= 15 is 0 Å². The van der Waals surface area contributed by atoms with E-state index in [-0.39, 0.29) is 0 Å². The molecule has 0 saturated carbocycles. The third-order valence-corrected chi connectivity index (χ3v) is 4.26. The molecule has 0 atom stereocenters. The second kappa shape index (κ2) is 6.29. The summed E-state index contributed by atoms with van der Waals surface area (Å²) in [4.78, 5) is 12.3. The minimum Gasteiger partial charge on any atom is -0.422 e. The fourth-order valence-electron chi connectivity index (χ4n) is 2.15. The van der Waals surface area contributed by atoms with Gasteiger partial charge in [-0.15, -0.1) is 0 Å². The molecule has 0 bridgehead atoms. The van der Waals surface area contributed by atoms with Gasteiger partial charge in [0, 0.05) is 19.9 Å². The zero-order valence-electron chi connectivity index (χ0n) is 11.1. The van der Waals surface area contributed by atoms with Crippen LogP contribution >= 0.6 is 39.1 Å². The number of ether oxygens (including phenoxy) is 1. The number of carbonyl (C=O) groups is 1. The van der Waals surface area contributed by atoms with Crippen LogP contribution in [0.2, 0.25) is 10.0 Å². The molecule has 0 aliphatic carbocycles. The number of benzene rings is 3. The number of hydrogen-bond acceptors (Lipinski definition) is 2. The van der Waals surface area contributed by atoms with Crippen molar-refractivity contribution in [3.63, 3.8) is 0 Å². The lowest BCUT2D eigenvalue weighted by Crippen LogP contribution is -2.08. The second-order valence-corrected chi connectivity index (χ2v) is 6.37. The molecule has 3 aromatic rings. The average molecular weight is 396 g/mol. The zero-order chi connectivity index (χ0) is 15.7. The smallest absolute Gasteiger partial charge is 0.343 e. The molecule has 2 nitrogen and oxygen atoms in total. The predicted molar refractivity (Wildman–Crippen MR) is 93.1 cm³/mol. The molecule has 22 heavy (non-hydrogen) atoms. The number of fused-ring (bicyclic) bond motifs is 1. The highest BCUT2D eigenvalue weighted by molar-refractivity contribution is 9.10. The molecular formula is C17H9BrCl2O2. The Morgan fingerprint density at radius 2 is 1.55 bits per heavy atom. The quantitative estimate of drug-likeness (QED) is 0.385. The van der Waals surface area contributed by atoms with Crippen molar-refractivity contribution in [1.29, 1.82) is 0 Å². The maximum Gasteiger partial charge on any atom is 0.343 e. The molecule has 3 rings (SSSR count). The van der Waals surface area contributed by atoms with Gasteiger partial charge in [0.2, 0.25) is 0 Å². The van der Waals surface area contributed by atoms with Crippen molar-refractivity contribution in [3.8, 4) is 5.75 Å². The molecule has 5 heteroatoms. The summed E-state index contributed by atoms with van der Waals surface area (Å²) < 4.78 is 6.44. The van der Waals surface area contributed by atoms with Gasteiger partial charge in [0.25, 0.3) is 0 Å². The Balaban J connectivity index is 1.99. The maximum atomic E-state index is 12.3. The monoisotopic (exact) mass is 394 g/mol. The van der Waals surface area contributed by atoms with Gasteiger partial charge in [-0.3, -0.25) is 0 Å². The van der Waals surface area contributed by atoms with E-state index in [2.05, 4.69) is 15.9 Å². The maximum absolute atomic E-state index is 12.3. The highest BCUT2D eigenvalue weighted by Gasteiger charge is 2.13. The van der Waals surface area contributed by atoms with Gasteiger partial charge in [-0.25, -0.2) is 4.79 Å². The summed E-state index contributed by atoms with van der Waals surface area (Å²) >= 11 is 15.3. The topological polar surface area (TPSA) is 26.3 Å². The van der Waals surface area contributed by atoms with E-state index in [0.717, 1.165) is 15.2 Å². The number of halogens is 3. The first-order chi connectivity index (χ1) is 10.5. The van der Waals surface area contributed by atoms with Crippen LogP contribution in [0.15, 0.2) is 59.1 Å². The van der Waals surface area contributed by atoms with Crippen LogP contribution in [0.5, 0.6) is 5.75 Å². The molecule has 0 radical (unpaired) electrons. The largest absolute Gasteiger partial charge is 0.422 e. The molecular weight excluding hydrogens is 387 g/mol. The van der Waals surface area contributed by atoms with Crippen LogP contribution in [-0.2, 0) is 0 Å². The molecule has 0 spiro atoms. The normalized spacial score (nSPS) is 10.7. The summed E-state index contributed by atoms with van der Waals surface area (Å²) in [5, 5.41) is 2.59. The molecule has 0 heterocycles. The van der Waals surface area contributed by atoms with Crippen LogP contribution < -0.4 is 4.74 Å². The number of esters is 1. The summed E-state index contributed by atoms with van der Waals surface area (Å²) in [6, 6.07) is 15.9. The van der Waals surface area contributed by atoms with Crippen molar-refractivity contribution < 1.29 is 9.53 Å². The van der Waals surface area contributed by atoms with Crippen LogP contribution in [0.3, 0.4) is 0 Å². The molecule has 0 unspecified atom stereocenters. The van der Waals surface area contributed by atoms with E-state index in [0.29, 0.717) is 21.4 Å². The van der Waals surface area contributed by atoms with E-state index in [4.69, 9.17) is 27.9 Å². The molecule has 110 valence electrons. The molecule has 0 saturated heterocycles. The Hall–Kier alpha value is -1.55. The van der Waals surface area contributed by atoms with Crippen LogP contribution in [0.25, 0.3) is 10.8 Å². The van der Waals surface area contributed by atoms with Crippen molar-refractivity contribution in [2.45, 2.75) is 0 Å². The van der Waals surface area contributed by atoms with Crippen molar-refractivity contribution in [1.82, 2.24) is 0 Å². The SMILES string of the molecule is O=C(Oc1ccc(Br)c2ccccc12)c1cc(Cl)cc(Cl)c1. The minimum absolute atomic E-state index is 0.310. The van der Waals surface area contributed by atoms with Crippen molar-refractivity contribution in [3.05, 3.63) is 74.7 Å². The van der Waals surface area contributed by atoms with E-state index in [1.807, 2.05) is 30.3 Å². The van der Waals surface area contributed by atoms with Gasteiger partial charge < -0.3 is 4.74 Å². The lowest BCUT2D eigenvalue weighted by Gasteiger charge is -2.09. The summed E-state index contributed by atoms with van der Waals surface area (Å²) in [5.41, 5.74) is 0.310. The molecule has 0 amide bonds. The van der Waals surface area contributed by atoms with Gasteiger partial charge in [-0.2, -0.15) is 0 Å². The summed E-state index contributed by atoms with van der Waals surface area (Å²) in [7, 11) is 0. The Kier molecular flexibility index (Phi) is 4.39. The third-order valence-electron chi connectivity index (χ3n) is 3.13. The fourth-order valence-corrected chi connectivity index (χ4v) is 3.16. The molecule has 0 N–H and O–H groups in total. The van der Waals surface area contributed by atoms with E-state index in [1.165, 1.54) is 12.1 Å². The first-order valence-corrected chi connectivity index (χ1v) is 7.95. The lowest BCUT2D eigenvalue weighted by molar-refractivity contribution is 0.0737. The predicted octanol–water partition coefficient (Wildman–Crippen LogP) is 6.13. The van der Waals surface area contributed by atoms with E-state index < -0.39 is 5.97 Å². The number of rotatable bonds is 2. The van der Waals surface area contributed by atoms with Gasteiger partial charge in [-0.1, -0.05) is 63.4 Å². The van der Waals surface area contributed by atoms with Crippen molar-refractivity contribution in [2.75, 3.05) is 0 Å². The number of carbonyl (C=O) groups excluding carboxylic acids is 1. The molecule has 0 aliphatic rings. The molecule has 0 aliphatic heterocycles. The first-order valence-electron chi connectivity index (χ1n) is 6.40. The summed E-state index contributed by atoms with van der Waals surface area (Å²) in [6.07, 6.45) is 0. The Morgan fingerprint density at radius 3 is 2.23 bits per heavy atom. The van der Waals surface area contributed by atoms with Gasteiger partial charge in [0.05, 0.1) is 5.56 Å². The van der Waals surface area contributed by atoms with E-state index in [1.54, 1.807) is 12.1 Å². The van der Waals surface area contributed by atoms with Crippen LogP contribution in [-0.4, -0.2) is 5.97 Å². The highest BCUT2D eigenvalue weighted by atomic mass is 79.9. The van der Waals surface area contributed by atoms with Gasteiger partial charge in [0.15, 0.2) is 0 Å². The first kappa shape index (κ1) is 15.3. The number of hydrogen-bond donors (Lipinski definition) is 0. The summed E-state index contributed by atoms with van der Waals surface area (Å²) in [5.74, 6) is -0.0169. The molecule has 0 fully saturated rings. The zero-order valence-corrected chi connectivity index (χ0v) is 14.2. The highest BCUT2D eigenvalue weighted by Crippen LogP contribution is 2.32. The van der Waals surface area contributed by atoms with Crippen LogP contribution in [0.1, 0.15) is 10.4 Å². The summed E-state index contributed by atoms with van der Waals surface area (Å²) in [6.45, 7) is 0. The average Bonchev–Trinajstić information content (AvgIpc) is 2.49. The van der Waals surface area contributed by atoms with Gasteiger partial charge in [0.1, 0.15) is 5.75 Å². The fraction of sp³-hybridized carbons (Fsp3) is 0. The van der Waals surface area contributed by atoms with Crippen LogP contribution in [0.4, 0.5) is 0 Å². The Bertz CT molecular complexity index is 857. The van der Waals surface area contributed by atoms with Crippen molar-refractivity contribution in [2.24, 2.45) is 0 Å². The van der Waals surface area contributed by atoms with Crippen molar-refractivity contribution >= 4 is 55.9 Å². The standard InChI is InChI=1S/C17H9BrCl2O2/c18-15-5-6-16(14-4-2-1-3-13(14)15)22-17(21)10-7-11(19)9-12(20)8-10/h1-9H. The molecule has 3 aromatic carbocycles. The second-order valence-electron chi connectivity index (χ2n) is 4.64.